The van der Waals surface area contributed by atoms with Crippen molar-refractivity contribution >= 4 is 11.6 Å². The van der Waals surface area contributed by atoms with Gasteiger partial charge in [0, 0.05) is 11.1 Å². The Kier molecular flexibility index (Phi) is 4.62. The van der Waals surface area contributed by atoms with Gasteiger partial charge in [0.15, 0.2) is 11.6 Å². The second-order valence-electron chi connectivity index (χ2n) is 4.86. The summed E-state index contributed by atoms with van der Waals surface area (Å²) in [6, 6.07) is 12.8. The number of carbonyl (C=O) groups excluding carboxylic acids is 2. The van der Waals surface area contributed by atoms with Gasteiger partial charge in [0.2, 0.25) is 0 Å². The van der Waals surface area contributed by atoms with E-state index in [1.807, 2.05) is 31.2 Å². The molecule has 108 valence electrons. The first-order valence-corrected chi connectivity index (χ1v) is 6.74. The number of rotatable bonds is 5. The first-order chi connectivity index (χ1) is 10.1. The smallest absolute Gasteiger partial charge is 0.176 e. The van der Waals surface area contributed by atoms with Crippen LogP contribution in [0.1, 0.15) is 26.3 Å². The summed E-state index contributed by atoms with van der Waals surface area (Å²) in [6.07, 6.45) is 0. The van der Waals surface area contributed by atoms with Crippen LogP contribution in [0.15, 0.2) is 42.5 Å². The number of ketones is 2. The summed E-state index contributed by atoms with van der Waals surface area (Å²) in [5.41, 5.74) is 14.9. The van der Waals surface area contributed by atoms with Gasteiger partial charge >= 0.3 is 0 Å². The van der Waals surface area contributed by atoms with E-state index >= 15 is 0 Å². The highest BCUT2D eigenvalue weighted by Gasteiger charge is 2.08. The molecule has 0 amide bonds. The van der Waals surface area contributed by atoms with Crippen LogP contribution in [0.3, 0.4) is 0 Å². The molecule has 2 aromatic carbocycles. The number of Topliss-reactive ketones (excluding diaryl/α,β-unsaturated/α-hetero) is 2. The van der Waals surface area contributed by atoms with E-state index in [2.05, 4.69) is 0 Å². The zero-order valence-corrected chi connectivity index (χ0v) is 11.9. The Balaban J connectivity index is 2.34. The number of hydrogen-bond acceptors (Lipinski definition) is 4. The molecule has 0 saturated carbocycles. The van der Waals surface area contributed by atoms with Crippen LogP contribution in [0.4, 0.5) is 0 Å². The SMILES string of the molecule is Cc1cc(C(=O)CN)ccc1-c1ccc(C(=O)CN)cc1. The molecule has 2 rings (SSSR count). The zero-order valence-electron chi connectivity index (χ0n) is 11.9. The van der Waals surface area contributed by atoms with Gasteiger partial charge in [0.1, 0.15) is 0 Å². The van der Waals surface area contributed by atoms with Gasteiger partial charge in [-0.1, -0.05) is 36.4 Å². The van der Waals surface area contributed by atoms with Gasteiger partial charge in [-0.05, 0) is 29.7 Å². The second-order valence-corrected chi connectivity index (χ2v) is 4.86. The highest BCUT2D eigenvalue weighted by atomic mass is 16.1. The molecule has 4 N–H and O–H groups in total. The monoisotopic (exact) mass is 282 g/mol. The zero-order chi connectivity index (χ0) is 15.4. The molecule has 0 aliphatic rings. The molecule has 0 atom stereocenters. The van der Waals surface area contributed by atoms with Crippen molar-refractivity contribution in [3.05, 3.63) is 59.2 Å². The van der Waals surface area contributed by atoms with Gasteiger partial charge in [0.25, 0.3) is 0 Å². The largest absolute Gasteiger partial charge is 0.324 e. The molecular formula is C17H18N2O2. The molecule has 0 radical (unpaired) electrons. The van der Waals surface area contributed by atoms with Crippen molar-refractivity contribution < 1.29 is 9.59 Å². The van der Waals surface area contributed by atoms with Crippen molar-refractivity contribution in [2.45, 2.75) is 6.92 Å². The first-order valence-electron chi connectivity index (χ1n) is 6.74. The molecule has 0 heterocycles. The van der Waals surface area contributed by atoms with Gasteiger partial charge in [-0.2, -0.15) is 0 Å². The number of hydrogen-bond donors (Lipinski definition) is 2. The molecule has 0 aliphatic carbocycles. The van der Waals surface area contributed by atoms with Crippen LogP contribution in [0.5, 0.6) is 0 Å². The van der Waals surface area contributed by atoms with Crippen molar-refractivity contribution in [2.24, 2.45) is 11.5 Å². The van der Waals surface area contributed by atoms with Gasteiger partial charge in [0.05, 0.1) is 13.1 Å². The quantitative estimate of drug-likeness (QED) is 0.821. The maximum Gasteiger partial charge on any atom is 0.176 e. The van der Waals surface area contributed by atoms with Crippen LogP contribution in [0.2, 0.25) is 0 Å². The summed E-state index contributed by atoms with van der Waals surface area (Å²) in [5, 5.41) is 0. The number of carbonyl (C=O) groups is 2. The van der Waals surface area contributed by atoms with Gasteiger partial charge in [-0.3, -0.25) is 9.59 Å². The topological polar surface area (TPSA) is 86.2 Å². The van der Waals surface area contributed by atoms with E-state index in [1.165, 1.54) is 0 Å². The summed E-state index contributed by atoms with van der Waals surface area (Å²) in [7, 11) is 0. The molecule has 21 heavy (non-hydrogen) atoms. The summed E-state index contributed by atoms with van der Waals surface area (Å²) in [5.74, 6) is -0.157. The fourth-order valence-electron chi connectivity index (χ4n) is 2.23. The van der Waals surface area contributed by atoms with E-state index in [0.717, 1.165) is 16.7 Å². The van der Waals surface area contributed by atoms with Crippen molar-refractivity contribution in [3.63, 3.8) is 0 Å². The molecule has 0 saturated heterocycles. The van der Waals surface area contributed by atoms with Crippen molar-refractivity contribution in [3.8, 4) is 11.1 Å². The minimum atomic E-state index is -0.0813. The summed E-state index contributed by atoms with van der Waals surface area (Å²) >= 11 is 0. The molecule has 0 bridgehead atoms. The molecule has 0 aliphatic heterocycles. The van der Waals surface area contributed by atoms with Crippen LogP contribution in [0, 0.1) is 6.92 Å². The minimum absolute atomic E-state index is 0.00821. The fourth-order valence-corrected chi connectivity index (χ4v) is 2.23. The summed E-state index contributed by atoms with van der Waals surface area (Å²) in [6.45, 7) is 1.96. The average molecular weight is 282 g/mol. The maximum atomic E-state index is 11.6. The van der Waals surface area contributed by atoms with Crippen molar-refractivity contribution in [2.75, 3.05) is 13.1 Å². The lowest BCUT2D eigenvalue weighted by molar-refractivity contribution is 0.0993. The van der Waals surface area contributed by atoms with E-state index in [0.29, 0.717) is 11.1 Å². The lowest BCUT2D eigenvalue weighted by Crippen LogP contribution is -2.13. The lowest BCUT2D eigenvalue weighted by Gasteiger charge is -2.09. The predicted octanol–water partition coefficient (Wildman–Crippen LogP) is 1.94. The highest BCUT2D eigenvalue weighted by molar-refractivity contribution is 5.99. The molecule has 0 unspecified atom stereocenters. The van der Waals surface area contributed by atoms with E-state index in [4.69, 9.17) is 11.5 Å². The molecule has 4 nitrogen and oxygen atoms in total. The number of aryl methyl sites for hydroxylation is 1. The van der Waals surface area contributed by atoms with Gasteiger partial charge in [-0.25, -0.2) is 0 Å². The predicted molar refractivity (Wildman–Crippen MR) is 83.4 cm³/mol. The molecule has 4 heteroatoms. The van der Waals surface area contributed by atoms with Crippen LogP contribution in [0.25, 0.3) is 11.1 Å². The Morgan fingerprint density at radius 2 is 1.38 bits per heavy atom. The normalized spacial score (nSPS) is 10.4. The molecule has 0 aromatic heterocycles. The van der Waals surface area contributed by atoms with E-state index in [1.54, 1.807) is 18.2 Å². The third-order valence-electron chi connectivity index (χ3n) is 3.44. The van der Waals surface area contributed by atoms with Gasteiger partial charge < -0.3 is 11.5 Å². The standard InChI is InChI=1S/C17H18N2O2/c1-11-8-14(17(21)10-19)6-7-15(11)12-2-4-13(5-3-12)16(20)9-18/h2-8H,9-10,18-19H2,1H3. The summed E-state index contributed by atoms with van der Waals surface area (Å²) in [4.78, 5) is 23.1. The number of nitrogens with two attached hydrogens (primary N) is 2. The molecule has 0 fully saturated rings. The first kappa shape index (κ1) is 15.1. The van der Waals surface area contributed by atoms with E-state index in [9.17, 15) is 9.59 Å². The van der Waals surface area contributed by atoms with Crippen LogP contribution in [-0.2, 0) is 0 Å². The third-order valence-corrected chi connectivity index (χ3v) is 3.44. The molecular weight excluding hydrogens is 264 g/mol. The van der Waals surface area contributed by atoms with Crippen molar-refractivity contribution in [1.82, 2.24) is 0 Å². The minimum Gasteiger partial charge on any atom is -0.324 e. The summed E-state index contributed by atoms with van der Waals surface area (Å²) < 4.78 is 0. The Morgan fingerprint density at radius 3 is 1.90 bits per heavy atom. The Morgan fingerprint density at radius 1 is 0.857 bits per heavy atom. The Hall–Kier alpha value is -2.30. The third kappa shape index (κ3) is 3.24. The van der Waals surface area contributed by atoms with Crippen LogP contribution < -0.4 is 11.5 Å². The molecule has 0 spiro atoms. The van der Waals surface area contributed by atoms with E-state index in [-0.39, 0.29) is 24.7 Å². The number of benzene rings is 2. The highest BCUT2D eigenvalue weighted by Crippen LogP contribution is 2.25. The maximum absolute atomic E-state index is 11.6. The van der Waals surface area contributed by atoms with Crippen molar-refractivity contribution in [1.29, 1.82) is 0 Å². The Bertz CT molecular complexity index is 676. The Labute approximate surface area is 123 Å². The van der Waals surface area contributed by atoms with E-state index < -0.39 is 0 Å². The van der Waals surface area contributed by atoms with Crippen LogP contribution in [-0.4, -0.2) is 24.7 Å². The fraction of sp³-hybridized carbons (Fsp3) is 0.176. The lowest BCUT2D eigenvalue weighted by atomic mass is 9.96. The average Bonchev–Trinajstić information content (AvgIpc) is 2.53. The molecule has 2 aromatic rings. The second kappa shape index (κ2) is 6.43. The van der Waals surface area contributed by atoms with Gasteiger partial charge in [-0.15, -0.1) is 0 Å². The van der Waals surface area contributed by atoms with Crippen LogP contribution >= 0.6 is 0 Å².